The zero-order chi connectivity index (χ0) is 21.1. The van der Waals surface area contributed by atoms with Crippen molar-refractivity contribution in [1.29, 1.82) is 0 Å². The molecule has 1 aromatic carbocycles. The standard InChI is InChI=1S/C22H22F2N4O/c1-4-12(2)14-11-19(20-15(23)7-5-8-16(20)24)27-28-21(14)13(3)17-9-6-10-18(26-17)22(25)29/h5-13H,4H2,1-3H3,(H2,25,29)/t12-,13?/m0/s1. The van der Waals surface area contributed by atoms with Crippen molar-refractivity contribution < 1.29 is 13.6 Å². The van der Waals surface area contributed by atoms with Crippen LogP contribution in [0.3, 0.4) is 0 Å². The molecule has 5 nitrogen and oxygen atoms in total. The highest BCUT2D eigenvalue weighted by atomic mass is 19.1. The van der Waals surface area contributed by atoms with Crippen molar-refractivity contribution in [2.24, 2.45) is 5.73 Å². The predicted molar refractivity (Wildman–Crippen MR) is 106 cm³/mol. The lowest BCUT2D eigenvalue weighted by Crippen LogP contribution is -2.16. The van der Waals surface area contributed by atoms with Crippen LogP contribution in [0.4, 0.5) is 8.78 Å². The largest absolute Gasteiger partial charge is 0.364 e. The summed E-state index contributed by atoms with van der Waals surface area (Å²) < 4.78 is 28.5. The highest BCUT2D eigenvalue weighted by molar-refractivity contribution is 5.90. The van der Waals surface area contributed by atoms with Gasteiger partial charge in [0.25, 0.3) is 5.91 Å². The number of carbonyl (C=O) groups excluding carboxylic acids is 1. The molecule has 0 saturated heterocycles. The number of amides is 1. The molecule has 2 heterocycles. The Kier molecular flexibility index (Phi) is 5.96. The van der Waals surface area contributed by atoms with E-state index in [4.69, 9.17) is 5.73 Å². The van der Waals surface area contributed by atoms with E-state index in [9.17, 15) is 13.6 Å². The van der Waals surface area contributed by atoms with Crippen LogP contribution in [0.15, 0.2) is 42.5 Å². The third-order valence-corrected chi connectivity index (χ3v) is 5.09. The summed E-state index contributed by atoms with van der Waals surface area (Å²) >= 11 is 0. The molecule has 0 saturated carbocycles. The first-order valence-electron chi connectivity index (χ1n) is 9.42. The number of primary amides is 1. The molecule has 7 heteroatoms. The summed E-state index contributed by atoms with van der Waals surface area (Å²) in [6.45, 7) is 5.93. The lowest BCUT2D eigenvalue weighted by Gasteiger charge is -2.19. The molecule has 2 N–H and O–H groups in total. The second kappa shape index (κ2) is 8.43. The van der Waals surface area contributed by atoms with Crippen LogP contribution < -0.4 is 5.73 Å². The minimum absolute atomic E-state index is 0.0795. The van der Waals surface area contributed by atoms with Gasteiger partial charge in [-0.25, -0.2) is 13.8 Å². The van der Waals surface area contributed by atoms with Crippen molar-refractivity contribution in [2.75, 3.05) is 0 Å². The van der Waals surface area contributed by atoms with Crippen LogP contribution in [0.25, 0.3) is 11.3 Å². The van der Waals surface area contributed by atoms with Gasteiger partial charge in [0.1, 0.15) is 17.3 Å². The highest BCUT2D eigenvalue weighted by Gasteiger charge is 2.23. The zero-order valence-corrected chi connectivity index (χ0v) is 16.5. The zero-order valence-electron chi connectivity index (χ0n) is 16.5. The summed E-state index contributed by atoms with van der Waals surface area (Å²) in [7, 11) is 0. The van der Waals surface area contributed by atoms with Crippen LogP contribution >= 0.6 is 0 Å². The predicted octanol–water partition coefficient (Wildman–Crippen LogP) is 4.58. The van der Waals surface area contributed by atoms with Gasteiger partial charge in [0.05, 0.1) is 22.6 Å². The fourth-order valence-electron chi connectivity index (χ4n) is 3.20. The van der Waals surface area contributed by atoms with Crippen molar-refractivity contribution in [3.63, 3.8) is 0 Å². The number of carbonyl (C=O) groups is 1. The number of aromatic nitrogens is 3. The topological polar surface area (TPSA) is 81.8 Å². The number of pyridine rings is 1. The lowest BCUT2D eigenvalue weighted by atomic mass is 9.89. The lowest BCUT2D eigenvalue weighted by molar-refractivity contribution is 0.0995. The van der Waals surface area contributed by atoms with Crippen LogP contribution in [0, 0.1) is 11.6 Å². The van der Waals surface area contributed by atoms with Crippen molar-refractivity contribution in [3.8, 4) is 11.3 Å². The minimum atomic E-state index is -0.689. The maximum atomic E-state index is 14.2. The summed E-state index contributed by atoms with van der Waals surface area (Å²) in [5.74, 6) is -2.20. The van der Waals surface area contributed by atoms with Crippen molar-refractivity contribution in [2.45, 2.75) is 39.0 Å². The second-order valence-corrected chi connectivity index (χ2v) is 7.01. The van der Waals surface area contributed by atoms with Gasteiger partial charge < -0.3 is 5.73 Å². The number of hydrogen-bond donors (Lipinski definition) is 1. The van der Waals surface area contributed by atoms with Crippen molar-refractivity contribution in [1.82, 2.24) is 15.2 Å². The number of benzene rings is 1. The molecule has 2 aromatic heterocycles. The SMILES string of the molecule is CC[C@H](C)c1cc(-c2c(F)cccc2F)nnc1C(C)c1cccc(C(N)=O)n1. The van der Waals surface area contributed by atoms with E-state index in [1.807, 2.05) is 20.8 Å². The van der Waals surface area contributed by atoms with E-state index in [2.05, 4.69) is 15.2 Å². The molecule has 150 valence electrons. The molecule has 0 aliphatic rings. The Balaban J connectivity index is 2.12. The van der Waals surface area contributed by atoms with Crippen molar-refractivity contribution >= 4 is 5.91 Å². The Morgan fingerprint density at radius 3 is 2.34 bits per heavy atom. The van der Waals surface area contributed by atoms with Gasteiger partial charge in [0.15, 0.2) is 0 Å². The van der Waals surface area contributed by atoms with Gasteiger partial charge in [0, 0.05) is 5.92 Å². The van der Waals surface area contributed by atoms with E-state index in [-0.39, 0.29) is 28.8 Å². The van der Waals surface area contributed by atoms with E-state index in [1.165, 1.54) is 18.2 Å². The van der Waals surface area contributed by atoms with Gasteiger partial charge in [-0.2, -0.15) is 10.2 Å². The molecule has 1 amide bonds. The first kappa shape index (κ1) is 20.5. The highest BCUT2D eigenvalue weighted by Crippen LogP contribution is 2.33. The van der Waals surface area contributed by atoms with Gasteiger partial charge in [-0.1, -0.05) is 32.9 Å². The summed E-state index contributed by atoms with van der Waals surface area (Å²) in [5.41, 5.74) is 7.54. The summed E-state index contributed by atoms with van der Waals surface area (Å²) in [6, 6.07) is 10.4. The Morgan fingerprint density at radius 2 is 1.72 bits per heavy atom. The quantitative estimate of drug-likeness (QED) is 0.661. The van der Waals surface area contributed by atoms with Gasteiger partial charge in [-0.3, -0.25) is 4.79 Å². The molecule has 0 spiro atoms. The van der Waals surface area contributed by atoms with Crippen LogP contribution in [0.2, 0.25) is 0 Å². The van der Waals surface area contributed by atoms with Crippen LogP contribution in [0.5, 0.6) is 0 Å². The molecule has 3 aromatic rings. The number of halogens is 2. The molecule has 0 aliphatic carbocycles. The fourth-order valence-corrected chi connectivity index (χ4v) is 3.20. The Labute approximate surface area is 168 Å². The van der Waals surface area contributed by atoms with Gasteiger partial charge in [0.2, 0.25) is 0 Å². The van der Waals surface area contributed by atoms with Crippen LogP contribution in [-0.4, -0.2) is 21.1 Å². The normalized spacial score (nSPS) is 13.1. The molecule has 1 unspecified atom stereocenters. The number of nitrogens with two attached hydrogens (primary N) is 1. The first-order chi connectivity index (χ1) is 13.8. The summed E-state index contributed by atoms with van der Waals surface area (Å²) in [5, 5.41) is 8.42. The molecular formula is C22H22F2N4O. The maximum absolute atomic E-state index is 14.2. The molecule has 0 radical (unpaired) electrons. The first-order valence-corrected chi connectivity index (χ1v) is 9.42. The number of rotatable bonds is 6. The number of nitrogens with zero attached hydrogens (tertiary/aromatic N) is 3. The summed E-state index contributed by atoms with van der Waals surface area (Å²) in [4.78, 5) is 15.8. The van der Waals surface area contributed by atoms with Gasteiger partial charge in [-0.15, -0.1) is 0 Å². The monoisotopic (exact) mass is 396 g/mol. The molecule has 3 rings (SSSR count). The molecule has 0 fully saturated rings. The molecule has 29 heavy (non-hydrogen) atoms. The molecule has 0 bridgehead atoms. The third kappa shape index (κ3) is 4.13. The van der Waals surface area contributed by atoms with Crippen molar-refractivity contribution in [3.05, 3.63) is 76.7 Å². The summed E-state index contributed by atoms with van der Waals surface area (Å²) in [6.07, 6.45) is 0.805. The van der Waals surface area contributed by atoms with E-state index in [1.54, 1.807) is 24.3 Å². The van der Waals surface area contributed by atoms with Crippen LogP contribution in [-0.2, 0) is 0 Å². The Hall–Kier alpha value is -3.22. The van der Waals surface area contributed by atoms with E-state index in [0.717, 1.165) is 12.0 Å². The van der Waals surface area contributed by atoms with Gasteiger partial charge >= 0.3 is 0 Å². The van der Waals surface area contributed by atoms with Crippen LogP contribution in [0.1, 0.15) is 66.5 Å². The average molecular weight is 396 g/mol. The molecule has 0 aliphatic heterocycles. The minimum Gasteiger partial charge on any atom is -0.364 e. The Bertz CT molecular complexity index is 1030. The molecule has 2 atom stereocenters. The number of hydrogen-bond acceptors (Lipinski definition) is 4. The average Bonchev–Trinajstić information content (AvgIpc) is 2.72. The third-order valence-electron chi connectivity index (χ3n) is 5.09. The fraction of sp³-hybridized carbons (Fsp3) is 0.273. The maximum Gasteiger partial charge on any atom is 0.267 e. The second-order valence-electron chi connectivity index (χ2n) is 7.01. The Morgan fingerprint density at radius 1 is 1.07 bits per heavy atom. The van der Waals surface area contributed by atoms with Gasteiger partial charge in [-0.05, 0) is 48.2 Å². The smallest absolute Gasteiger partial charge is 0.267 e. The molecular weight excluding hydrogens is 374 g/mol. The van der Waals surface area contributed by atoms with E-state index < -0.39 is 17.5 Å². The van der Waals surface area contributed by atoms with E-state index in [0.29, 0.717) is 11.4 Å². The van der Waals surface area contributed by atoms with E-state index >= 15 is 0 Å².